The molecule has 20 heavy (non-hydrogen) atoms. The summed E-state index contributed by atoms with van der Waals surface area (Å²) in [5.41, 5.74) is 0.174. The van der Waals surface area contributed by atoms with Gasteiger partial charge < -0.3 is 0 Å². The summed E-state index contributed by atoms with van der Waals surface area (Å²) in [7, 11) is 0. The minimum atomic E-state index is 0.0870. The zero-order valence-electron chi connectivity index (χ0n) is 10.1. The van der Waals surface area contributed by atoms with E-state index in [4.69, 9.17) is 0 Å². The number of hydrogen-bond donors (Lipinski definition) is 0. The molecule has 2 heterocycles. The largest absolute Gasteiger partial charge is 0.288 e. The molecule has 0 bridgehead atoms. The van der Waals surface area contributed by atoms with Crippen molar-refractivity contribution in [2.75, 3.05) is 0 Å². The maximum Gasteiger partial charge on any atom is 0.204 e. The third-order valence-electron chi connectivity index (χ3n) is 3.97. The number of hydrogen-bond acceptors (Lipinski definition) is 4. The molecule has 3 aromatic carbocycles. The zero-order chi connectivity index (χ0) is 13.4. The van der Waals surface area contributed by atoms with Crippen molar-refractivity contribution in [2.24, 2.45) is 0 Å². The van der Waals surface area contributed by atoms with Gasteiger partial charge in [-0.15, -0.1) is 22.7 Å². The van der Waals surface area contributed by atoms with Crippen LogP contribution in [0.5, 0.6) is 0 Å². The van der Waals surface area contributed by atoms with E-state index in [0.717, 1.165) is 41.7 Å². The molecule has 0 saturated heterocycles. The predicted octanol–water partition coefficient (Wildman–Crippen LogP) is 4.02. The molecular weight excluding hydrogens is 288 g/mol. The van der Waals surface area contributed by atoms with E-state index in [1.165, 1.54) is 22.7 Å². The summed E-state index contributed by atoms with van der Waals surface area (Å²) in [5, 5.41) is 9.09. The molecule has 0 saturated carbocycles. The van der Waals surface area contributed by atoms with Crippen molar-refractivity contribution in [3.05, 3.63) is 55.5 Å². The van der Waals surface area contributed by atoms with Crippen LogP contribution in [0.1, 0.15) is 0 Å². The van der Waals surface area contributed by atoms with E-state index in [1.54, 1.807) is 0 Å². The van der Waals surface area contributed by atoms with Gasteiger partial charge >= 0.3 is 0 Å². The monoisotopic (exact) mass is 294 g/mol. The fourth-order valence-electron chi connectivity index (χ4n) is 3.06. The Morgan fingerprint density at radius 2 is 1.05 bits per heavy atom. The fraction of sp³-hybridized carbons (Fsp3) is 0. The molecule has 0 spiro atoms. The average Bonchev–Trinajstić information content (AvgIpc) is 3.17. The minimum absolute atomic E-state index is 0.0870. The molecular formula is C16H6O2S2. The first kappa shape index (κ1) is 10.7. The maximum atomic E-state index is 12.4. The molecule has 2 aromatic heterocycles. The van der Waals surface area contributed by atoms with Crippen molar-refractivity contribution in [1.29, 1.82) is 0 Å². The number of rotatable bonds is 0. The van der Waals surface area contributed by atoms with Crippen LogP contribution >= 0.6 is 22.7 Å². The van der Waals surface area contributed by atoms with Crippen molar-refractivity contribution in [3.8, 4) is 0 Å². The van der Waals surface area contributed by atoms with Gasteiger partial charge in [0.05, 0.1) is 9.40 Å². The van der Waals surface area contributed by atoms with Gasteiger partial charge in [-0.1, -0.05) is 0 Å². The molecule has 0 fully saturated rings. The first-order valence-corrected chi connectivity index (χ1v) is 7.95. The minimum Gasteiger partial charge on any atom is -0.288 e. The van der Waals surface area contributed by atoms with Gasteiger partial charge in [-0.05, 0) is 45.8 Å². The van der Waals surface area contributed by atoms with Gasteiger partial charge in [0.1, 0.15) is 0 Å². The van der Waals surface area contributed by atoms with Crippen molar-refractivity contribution in [3.63, 3.8) is 0 Å². The third kappa shape index (κ3) is 1.06. The molecule has 94 valence electrons. The summed E-state index contributed by atoms with van der Waals surface area (Å²) in [4.78, 5) is 24.8. The number of fused-ring (bicyclic) bond motifs is 6. The van der Waals surface area contributed by atoms with E-state index in [0.29, 0.717) is 0 Å². The van der Waals surface area contributed by atoms with Gasteiger partial charge in [-0.2, -0.15) is 0 Å². The molecule has 0 atom stereocenters. The van der Waals surface area contributed by atoms with Crippen LogP contribution < -0.4 is 10.9 Å². The molecule has 0 amide bonds. The van der Waals surface area contributed by atoms with E-state index < -0.39 is 0 Å². The highest BCUT2D eigenvalue weighted by molar-refractivity contribution is 7.17. The maximum absolute atomic E-state index is 12.4. The highest BCUT2D eigenvalue weighted by atomic mass is 32.1. The lowest BCUT2D eigenvalue weighted by Gasteiger charge is -1.92. The predicted molar refractivity (Wildman–Crippen MR) is 87.1 cm³/mol. The zero-order valence-corrected chi connectivity index (χ0v) is 11.7. The van der Waals surface area contributed by atoms with Gasteiger partial charge in [-0.3, -0.25) is 9.59 Å². The molecule has 5 rings (SSSR count). The van der Waals surface area contributed by atoms with Crippen molar-refractivity contribution >= 4 is 64.4 Å². The second kappa shape index (κ2) is 3.34. The van der Waals surface area contributed by atoms with E-state index in [-0.39, 0.29) is 10.9 Å². The summed E-state index contributed by atoms with van der Waals surface area (Å²) in [6.45, 7) is 0. The molecule has 0 unspecified atom stereocenters. The van der Waals surface area contributed by atoms with Gasteiger partial charge in [0.15, 0.2) is 0 Å². The Morgan fingerprint density at radius 1 is 0.600 bits per heavy atom. The van der Waals surface area contributed by atoms with Crippen LogP contribution in [0, 0.1) is 0 Å². The molecule has 0 aliphatic rings. The SMILES string of the molecule is O=c1c2cc3c(cc2c2ccsc12)c(=O)c1sccc13. The van der Waals surface area contributed by atoms with Gasteiger partial charge in [0.2, 0.25) is 10.9 Å². The standard InChI is InChI=1S/C16H6O2S2/c17-13-11-6-10-8-2-4-20-16(8)14(18)12(10)5-9(11)7-1-3-19-15(7)13/h1-6H. The number of benzene rings is 1. The average molecular weight is 294 g/mol. The van der Waals surface area contributed by atoms with Crippen LogP contribution in [0.2, 0.25) is 0 Å². The molecule has 2 nitrogen and oxygen atoms in total. The van der Waals surface area contributed by atoms with Crippen molar-refractivity contribution in [1.82, 2.24) is 0 Å². The Morgan fingerprint density at radius 3 is 1.50 bits per heavy atom. The molecule has 0 radical (unpaired) electrons. The van der Waals surface area contributed by atoms with E-state index in [2.05, 4.69) is 0 Å². The van der Waals surface area contributed by atoms with Crippen LogP contribution in [-0.2, 0) is 0 Å². The lowest BCUT2D eigenvalue weighted by Crippen LogP contribution is -1.94. The molecule has 5 aromatic rings. The topological polar surface area (TPSA) is 34.1 Å². The quantitative estimate of drug-likeness (QED) is 0.432. The summed E-state index contributed by atoms with van der Waals surface area (Å²) in [6, 6.07) is 7.73. The Hall–Kier alpha value is -2.04. The second-order valence-electron chi connectivity index (χ2n) is 4.93. The van der Waals surface area contributed by atoms with Crippen molar-refractivity contribution in [2.45, 2.75) is 0 Å². The van der Waals surface area contributed by atoms with E-state index >= 15 is 0 Å². The van der Waals surface area contributed by atoms with Gasteiger partial charge in [0, 0.05) is 21.5 Å². The van der Waals surface area contributed by atoms with Gasteiger partial charge in [0.25, 0.3) is 0 Å². The van der Waals surface area contributed by atoms with Crippen LogP contribution in [-0.4, -0.2) is 0 Å². The summed E-state index contributed by atoms with van der Waals surface area (Å²) in [6.07, 6.45) is 0. The Balaban J connectivity index is 2.20. The fourth-order valence-corrected chi connectivity index (χ4v) is 4.78. The smallest absolute Gasteiger partial charge is 0.204 e. The van der Waals surface area contributed by atoms with Crippen LogP contribution in [0.25, 0.3) is 41.7 Å². The first-order chi connectivity index (χ1) is 9.75. The highest BCUT2D eigenvalue weighted by Crippen LogP contribution is 2.34. The highest BCUT2D eigenvalue weighted by Gasteiger charge is 2.16. The normalized spacial score (nSPS) is 12.4. The van der Waals surface area contributed by atoms with Crippen molar-refractivity contribution < 1.29 is 0 Å². The number of thiophene rings is 2. The molecule has 0 aliphatic carbocycles. The summed E-state index contributed by atoms with van der Waals surface area (Å²) < 4.78 is 1.59. The van der Waals surface area contributed by atoms with Crippen LogP contribution in [0.4, 0.5) is 0 Å². The van der Waals surface area contributed by atoms with E-state index in [1.807, 2.05) is 35.0 Å². The second-order valence-corrected chi connectivity index (χ2v) is 6.76. The molecule has 0 N–H and O–H groups in total. The molecule has 4 heteroatoms. The Kier molecular flexibility index (Phi) is 1.79. The van der Waals surface area contributed by atoms with Crippen LogP contribution in [0.3, 0.4) is 0 Å². The van der Waals surface area contributed by atoms with E-state index in [9.17, 15) is 9.59 Å². The summed E-state index contributed by atoms with van der Waals surface area (Å²) >= 11 is 2.94. The third-order valence-corrected chi connectivity index (χ3v) is 5.80. The lowest BCUT2D eigenvalue weighted by molar-refractivity contribution is 1.88. The lowest BCUT2D eigenvalue weighted by atomic mass is 10.1. The molecule has 0 aliphatic heterocycles. The first-order valence-electron chi connectivity index (χ1n) is 6.19. The Labute approximate surface area is 120 Å². The van der Waals surface area contributed by atoms with Gasteiger partial charge in [-0.25, -0.2) is 0 Å². The Bertz CT molecular complexity index is 1130. The van der Waals surface area contributed by atoms with Crippen LogP contribution in [0.15, 0.2) is 44.6 Å². The summed E-state index contributed by atoms with van der Waals surface area (Å²) in [5.74, 6) is 0.